The van der Waals surface area contributed by atoms with Crippen molar-refractivity contribution in [1.82, 2.24) is 0 Å². The Morgan fingerprint density at radius 1 is 1.07 bits per heavy atom. The minimum atomic E-state index is -0.727. The highest BCUT2D eigenvalue weighted by Crippen LogP contribution is 2.28. The maximum atomic E-state index is 12.3. The van der Waals surface area contributed by atoms with Gasteiger partial charge in [-0.1, -0.05) is 12.1 Å². The number of carbonyl (C=O) groups is 3. The monoisotopic (exact) mass is 385 g/mol. The van der Waals surface area contributed by atoms with Crippen LogP contribution in [-0.4, -0.2) is 30.9 Å². The van der Waals surface area contributed by atoms with Gasteiger partial charge in [-0.2, -0.15) is 0 Å². The molecule has 0 saturated heterocycles. The molecule has 7 heteroatoms. The van der Waals surface area contributed by atoms with E-state index in [0.29, 0.717) is 6.61 Å². The number of hydrogen-bond donors (Lipinski definition) is 1. The molecule has 1 aromatic heterocycles. The van der Waals surface area contributed by atoms with Gasteiger partial charge in [0.2, 0.25) is 5.88 Å². The molecule has 0 aliphatic rings. The van der Waals surface area contributed by atoms with Crippen molar-refractivity contribution in [2.24, 2.45) is 0 Å². The zero-order valence-electron chi connectivity index (χ0n) is 16.3. The number of carbonyl (C=O) groups excluding carboxylic acids is 3. The molecule has 0 spiro atoms. The fourth-order valence-electron chi connectivity index (χ4n) is 2.62. The minimum absolute atomic E-state index is 0.0744. The number of anilines is 1. The molecule has 1 amide bonds. The topological polar surface area (TPSA) is 94.8 Å². The molecule has 0 bridgehead atoms. The van der Waals surface area contributed by atoms with Crippen molar-refractivity contribution in [3.63, 3.8) is 0 Å². The van der Waals surface area contributed by atoms with Crippen molar-refractivity contribution in [2.45, 2.75) is 27.7 Å². The van der Waals surface area contributed by atoms with Gasteiger partial charge in [0.05, 0.1) is 18.8 Å². The third-order valence-corrected chi connectivity index (χ3v) is 3.77. The fourth-order valence-corrected chi connectivity index (χ4v) is 2.62. The maximum Gasteiger partial charge on any atom is 0.344 e. The quantitative estimate of drug-likeness (QED) is 0.419. The number of rotatable bonds is 8. The van der Waals surface area contributed by atoms with Gasteiger partial charge >= 0.3 is 5.97 Å². The van der Waals surface area contributed by atoms with Gasteiger partial charge in [-0.05, 0) is 51.5 Å². The third-order valence-electron chi connectivity index (χ3n) is 3.77. The second-order valence-electron chi connectivity index (χ2n) is 5.84. The standard InChI is InChI=1S/C21H23NO6/c1-5-26-16-10-7-15(8-11-16)9-12-17(24)22-20-19(21(25)27-6-2)18(13(3)23)14(4)28-20/h7-12H,5-6H2,1-4H3,(H,22,24)/b12-9+. The van der Waals surface area contributed by atoms with Crippen LogP contribution in [0.1, 0.15) is 52.8 Å². The van der Waals surface area contributed by atoms with Gasteiger partial charge in [0.1, 0.15) is 17.1 Å². The summed E-state index contributed by atoms with van der Waals surface area (Å²) in [6, 6.07) is 7.22. The van der Waals surface area contributed by atoms with E-state index in [2.05, 4.69) is 5.32 Å². The summed E-state index contributed by atoms with van der Waals surface area (Å²) in [5.74, 6) is -0.719. The lowest BCUT2D eigenvalue weighted by Gasteiger charge is -2.04. The molecule has 0 unspecified atom stereocenters. The van der Waals surface area contributed by atoms with Gasteiger partial charge < -0.3 is 13.9 Å². The number of ether oxygens (including phenoxy) is 2. The first-order chi connectivity index (χ1) is 13.4. The minimum Gasteiger partial charge on any atom is -0.494 e. The van der Waals surface area contributed by atoms with E-state index in [1.54, 1.807) is 32.1 Å². The van der Waals surface area contributed by atoms with Gasteiger partial charge in [-0.3, -0.25) is 14.9 Å². The molecule has 28 heavy (non-hydrogen) atoms. The molecule has 0 atom stereocenters. The molecule has 2 aromatic rings. The normalized spacial score (nSPS) is 10.7. The van der Waals surface area contributed by atoms with Crippen molar-refractivity contribution in [3.05, 3.63) is 52.8 Å². The van der Waals surface area contributed by atoms with Crippen molar-refractivity contribution >= 4 is 29.6 Å². The molecule has 0 radical (unpaired) electrons. The Hall–Kier alpha value is -3.35. The number of esters is 1. The molecule has 1 N–H and O–H groups in total. The lowest BCUT2D eigenvalue weighted by atomic mass is 10.1. The van der Waals surface area contributed by atoms with Crippen molar-refractivity contribution in [2.75, 3.05) is 18.5 Å². The summed E-state index contributed by atoms with van der Waals surface area (Å²) in [5, 5.41) is 2.50. The number of furan rings is 1. The van der Waals surface area contributed by atoms with Crippen LogP contribution in [0.25, 0.3) is 6.08 Å². The van der Waals surface area contributed by atoms with Crippen LogP contribution in [0.2, 0.25) is 0 Å². The van der Waals surface area contributed by atoms with Crippen LogP contribution in [-0.2, 0) is 9.53 Å². The number of hydrogen-bond acceptors (Lipinski definition) is 6. The van der Waals surface area contributed by atoms with E-state index in [4.69, 9.17) is 13.9 Å². The Bertz CT molecular complexity index is 892. The van der Waals surface area contributed by atoms with Crippen molar-refractivity contribution in [3.8, 4) is 5.75 Å². The van der Waals surface area contributed by atoms with Crippen LogP contribution in [0.5, 0.6) is 5.75 Å². The average molecular weight is 385 g/mol. The molecular formula is C21H23NO6. The lowest BCUT2D eigenvalue weighted by molar-refractivity contribution is -0.111. The molecule has 7 nitrogen and oxygen atoms in total. The molecule has 2 rings (SSSR count). The second-order valence-corrected chi connectivity index (χ2v) is 5.84. The maximum absolute atomic E-state index is 12.3. The van der Waals surface area contributed by atoms with E-state index in [1.165, 1.54) is 13.0 Å². The molecule has 0 aliphatic heterocycles. The Balaban J connectivity index is 2.20. The number of nitrogens with one attached hydrogen (secondary N) is 1. The highest BCUT2D eigenvalue weighted by molar-refractivity contribution is 6.12. The van der Waals surface area contributed by atoms with Gasteiger partial charge in [0.25, 0.3) is 5.91 Å². The lowest BCUT2D eigenvalue weighted by Crippen LogP contribution is -2.14. The van der Waals surface area contributed by atoms with E-state index in [0.717, 1.165) is 11.3 Å². The largest absolute Gasteiger partial charge is 0.494 e. The molecule has 0 aliphatic carbocycles. The number of Topliss-reactive ketones (excluding diaryl/α,β-unsaturated/α-hetero) is 1. The number of ketones is 1. The zero-order valence-corrected chi connectivity index (χ0v) is 16.3. The number of aryl methyl sites for hydroxylation is 1. The van der Waals surface area contributed by atoms with E-state index < -0.39 is 11.9 Å². The highest BCUT2D eigenvalue weighted by atomic mass is 16.5. The second kappa shape index (κ2) is 9.55. The average Bonchev–Trinajstić information content (AvgIpc) is 2.97. The van der Waals surface area contributed by atoms with Gasteiger partial charge in [-0.15, -0.1) is 0 Å². The first-order valence-electron chi connectivity index (χ1n) is 8.90. The number of amides is 1. The van der Waals surface area contributed by atoms with Crippen LogP contribution >= 0.6 is 0 Å². The van der Waals surface area contributed by atoms with Crippen LogP contribution in [0, 0.1) is 6.92 Å². The van der Waals surface area contributed by atoms with Gasteiger partial charge in [0.15, 0.2) is 5.78 Å². The van der Waals surface area contributed by atoms with Crippen LogP contribution < -0.4 is 10.1 Å². The molecule has 1 heterocycles. The summed E-state index contributed by atoms with van der Waals surface area (Å²) in [6.07, 6.45) is 2.91. The van der Waals surface area contributed by atoms with Gasteiger partial charge in [-0.25, -0.2) is 4.79 Å². The van der Waals surface area contributed by atoms with Crippen LogP contribution in [0.3, 0.4) is 0 Å². The summed E-state index contributed by atoms with van der Waals surface area (Å²) in [5.41, 5.74) is 0.822. The Morgan fingerprint density at radius 3 is 2.32 bits per heavy atom. The highest BCUT2D eigenvalue weighted by Gasteiger charge is 2.28. The van der Waals surface area contributed by atoms with Crippen molar-refractivity contribution in [1.29, 1.82) is 0 Å². The van der Waals surface area contributed by atoms with Crippen LogP contribution in [0.15, 0.2) is 34.8 Å². The molecular weight excluding hydrogens is 362 g/mol. The predicted octanol–water partition coefficient (Wildman–Crippen LogP) is 4.02. The summed E-state index contributed by atoms with van der Waals surface area (Å²) in [4.78, 5) is 36.4. The Kier molecular flexibility index (Phi) is 7.14. The third kappa shape index (κ3) is 5.09. The van der Waals surface area contributed by atoms with E-state index in [1.807, 2.05) is 19.1 Å². The summed E-state index contributed by atoms with van der Waals surface area (Å²) >= 11 is 0. The molecule has 148 valence electrons. The zero-order chi connectivity index (χ0) is 20.7. The Labute approximate surface area is 163 Å². The molecule has 1 aromatic carbocycles. The summed E-state index contributed by atoms with van der Waals surface area (Å²) in [7, 11) is 0. The van der Waals surface area contributed by atoms with E-state index >= 15 is 0 Å². The Morgan fingerprint density at radius 2 is 1.75 bits per heavy atom. The summed E-state index contributed by atoms with van der Waals surface area (Å²) < 4.78 is 15.8. The van der Waals surface area contributed by atoms with E-state index in [-0.39, 0.29) is 35.2 Å². The predicted molar refractivity (Wildman–Crippen MR) is 105 cm³/mol. The SMILES string of the molecule is CCOC(=O)c1c(NC(=O)/C=C/c2ccc(OCC)cc2)oc(C)c1C(C)=O. The fraction of sp³-hybridized carbons (Fsp3) is 0.286. The molecule has 0 fully saturated rings. The smallest absolute Gasteiger partial charge is 0.344 e. The first kappa shape index (κ1) is 21.0. The number of benzene rings is 1. The molecule has 0 saturated carbocycles. The van der Waals surface area contributed by atoms with Gasteiger partial charge in [0, 0.05) is 6.08 Å². The van der Waals surface area contributed by atoms with Crippen molar-refractivity contribution < 1.29 is 28.3 Å². The van der Waals surface area contributed by atoms with Crippen LogP contribution in [0.4, 0.5) is 5.88 Å². The van der Waals surface area contributed by atoms with E-state index in [9.17, 15) is 14.4 Å². The first-order valence-corrected chi connectivity index (χ1v) is 8.90. The summed E-state index contributed by atoms with van der Waals surface area (Å²) in [6.45, 7) is 7.12.